The predicted molar refractivity (Wildman–Crippen MR) is 79.6 cm³/mol. The molecule has 0 aromatic carbocycles. The summed E-state index contributed by atoms with van der Waals surface area (Å²) in [5.41, 5.74) is 2.50. The molecule has 8 nitrogen and oxygen atoms in total. The Labute approximate surface area is 124 Å². The third kappa shape index (κ3) is 4.83. The first-order chi connectivity index (χ1) is 10.1. The van der Waals surface area contributed by atoms with Gasteiger partial charge in [-0.05, 0) is 19.8 Å². The Hall–Kier alpha value is -1.93. The van der Waals surface area contributed by atoms with Crippen LogP contribution in [-0.4, -0.2) is 42.1 Å². The van der Waals surface area contributed by atoms with Gasteiger partial charge in [0.05, 0.1) is 6.54 Å². The van der Waals surface area contributed by atoms with E-state index in [1.54, 1.807) is 18.0 Å². The van der Waals surface area contributed by atoms with Crippen molar-refractivity contribution in [1.82, 2.24) is 15.3 Å². The molecule has 1 aliphatic carbocycles. The summed E-state index contributed by atoms with van der Waals surface area (Å²) in [6.45, 7) is 3.03. The molecule has 8 heteroatoms. The number of ether oxygens (including phenoxy) is 1. The summed E-state index contributed by atoms with van der Waals surface area (Å²) < 4.78 is 5.30. The van der Waals surface area contributed by atoms with Gasteiger partial charge in [-0.1, -0.05) is 0 Å². The third-order valence-corrected chi connectivity index (χ3v) is 3.06. The molecule has 0 radical (unpaired) electrons. The lowest BCUT2D eigenvalue weighted by Gasteiger charge is -2.19. The Morgan fingerprint density at radius 1 is 1.52 bits per heavy atom. The van der Waals surface area contributed by atoms with Crippen LogP contribution >= 0.6 is 0 Å². The van der Waals surface area contributed by atoms with E-state index in [2.05, 4.69) is 20.7 Å². The molecule has 0 atom stereocenters. The summed E-state index contributed by atoms with van der Waals surface area (Å²) in [6.07, 6.45) is 2.14. The molecule has 1 amide bonds. The van der Waals surface area contributed by atoms with Gasteiger partial charge in [-0.15, -0.1) is 0 Å². The summed E-state index contributed by atoms with van der Waals surface area (Å²) in [5, 5.41) is 2.94. The minimum atomic E-state index is -0.00720. The molecule has 0 spiro atoms. The van der Waals surface area contributed by atoms with Crippen molar-refractivity contribution >= 4 is 17.5 Å². The van der Waals surface area contributed by atoms with Crippen molar-refractivity contribution < 1.29 is 9.53 Å². The maximum Gasteiger partial charge on any atom is 0.239 e. The zero-order chi connectivity index (χ0) is 15.2. The van der Waals surface area contributed by atoms with Crippen molar-refractivity contribution in [3.05, 3.63) is 11.9 Å². The molecule has 0 saturated heterocycles. The second-order valence-electron chi connectivity index (χ2n) is 5.01. The van der Waals surface area contributed by atoms with Crippen molar-refractivity contribution in [1.29, 1.82) is 0 Å². The van der Waals surface area contributed by atoms with E-state index in [1.807, 2.05) is 6.92 Å². The van der Waals surface area contributed by atoms with Crippen LogP contribution in [0.15, 0.2) is 6.07 Å². The number of likely N-dealkylation sites (N-methyl/N-ethyl adjacent to an activating group) is 1. The zero-order valence-electron chi connectivity index (χ0n) is 12.4. The quantitative estimate of drug-likeness (QED) is 0.458. The van der Waals surface area contributed by atoms with E-state index in [9.17, 15) is 4.79 Å². The number of rotatable bonds is 8. The van der Waals surface area contributed by atoms with E-state index in [4.69, 9.17) is 10.6 Å². The molecule has 0 aliphatic heterocycles. The number of nitrogens with two attached hydrogens (primary N) is 1. The maximum atomic E-state index is 11.8. The van der Waals surface area contributed by atoms with E-state index < -0.39 is 0 Å². The lowest BCUT2D eigenvalue weighted by Crippen LogP contribution is -2.36. The molecule has 1 saturated carbocycles. The first-order valence-corrected chi connectivity index (χ1v) is 7.05. The molecule has 1 aromatic heterocycles. The Morgan fingerprint density at radius 3 is 2.90 bits per heavy atom. The van der Waals surface area contributed by atoms with Crippen molar-refractivity contribution in [2.75, 3.05) is 30.5 Å². The fraction of sp³-hybridized carbons (Fsp3) is 0.615. The van der Waals surface area contributed by atoms with Crippen LogP contribution in [0.5, 0.6) is 0 Å². The maximum absolute atomic E-state index is 11.8. The number of carbonyl (C=O) groups is 1. The predicted octanol–water partition coefficient (Wildman–Crippen LogP) is 0.0135. The van der Waals surface area contributed by atoms with Crippen LogP contribution in [0, 0.1) is 0 Å². The van der Waals surface area contributed by atoms with Gasteiger partial charge < -0.3 is 20.4 Å². The highest BCUT2D eigenvalue weighted by Crippen LogP contribution is 2.19. The van der Waals surface area contributed by atoms with E-state index in [1.165, 1.54) is 0 Å². The van der Waals surface area contributed by atoms with Gasteiger partial charge in [0.15, 0.2) is 5.82 Å². The molecule has 1 heterocycles. The van der Waals surface area contributed by atoms with Crippen molar-refractivity contribution in [3.8, 4) is 0 Å². The molecule has 21 heavy (non-hydrogen) atoms. The van der Waals surface area contributed by atoms with Gasteiger partial charge in [-0.25, -0.2) is 15.8 Å². The number of hydrogen-bond acceptors (Lipinski definition) is 7. The largest absolute Gasteiger partial charge is 0.374 e. The second kappa shape index (κ2) is 7.19. The highest BCUT2D eigenvalue weighted by molar-refractivity contribution is 5.81. The lowest BCUT2D eigenvalue weighted by atomic mass is 10.4. The minimum Gasteiger partial charge on any atom is -0.374 e. The molecule has 1 fully saturated rings. The van der Waals surface area contributed by atoms with Gasteiger partial charge in [0.25, 0.3) is 0 Å². The number of hydrogen-bond donors (Lipinski definition) is 3. The topological polar surface area (TPSA) is 105 Å². The van der Waals surface area contributed by atoms with Crippen LogP contribution in [0.25, 0.3) is 0 Å². The first kappa shape index (κ1) is 15.5. The Morgan fingerprint density at radius 2 is 2.29 bits per heavy atom. The van der Waals surface area contributed by atoms with E-state index in [-0.39, 0.29) is 12.5 Å². The van der Waals surface area contributed by atoms with Crippen molar-refractivity contribution in [3.63, 3.8) is 0 Å². The molecule has 1 aromatic rings. The second-order valence-corrected chi connectivity index (χ2v) is 5.01. The fourth-order valence-corrected chi connectivity index (χ4v) is 1.81. The summed E-state index contributed by atoms with van der Waals surface area (Å²) in [6, 6.07) is 2.05. The Bertz CT molecular complexity index is 492. The SMILES string of the molecule is CCOCc1nc(NN)cc(N(C)CC(=O)NC2CC2)n1. The smallest absolute Gasteiger partial charge is 0.239 e. The van der Waals surface area contributed by atoms with E-state index in [0.29, 0.717) is 36.7 Å². The average Bonchev–Trinajstić information content (AvgIpc) is 3.28. The van der Waals surface area contributed by atoms with Gasteiger partial charge in [0, 0.05) is 25.8 Å². The van der Waals surface area contributed by atoms with Gasteiger partial charge in [0.2, 0.25) is 5.91 Å². The highest BCUT2D eigenvalue weighted by atomic mass is 16.5. The summed E-state index contributed by atoms with van der Waals surface area (Å²) in [4.78, 5) is 22.2. The number of carbonyl (C=O) groups excluding carboxylic acids is 1. The molecular weight excluding hydrogens is 272 g/mol. The van der Waals surface area contributed by atoms with Crippen LogP contribution in [-0.2, 0) is 16.1 Å². The number of nitrogen functional groups attached to an aromatic ring is 1. The standard InChI is InChI=1S/C13H22N6O2/c1-3-21-8-11-16-10(18-14)6-12(17-11)19(2)7-13(20)15-9-4-5-9/h6,9H,3-5,7-8,14H2,1-2H3,(H,15,20)(H,16,17,18). The van der Waals surface area contributed by atoms with Crippen LogP contribution < -0.4 is 21.5 Å². The third-order valence-electron chi connectivity index (χ3n) is 3.06. The number of nitrogens with zero attached hydrogens (tertiary/aromatic N) is 3. The number of aromatic nitrogens is 2. The molecule has 4 N–H and O–H groups in total. The van der Waals surface area contributed by atoms with Gasteiger partial charge in [-0.2, -0.15) is 0 Å². The van der Waals surface area contributed by atoms with Gasteiger partial charge in [0.1, 0.15) is 18.2 Å². The number of amides is 1. The van der Waals surface area contributed by atoms with E-state index >= 15 is 0 Å². The van der Waals surface area contributed by atoms with Gasteiger partial charge >= 0.3 is 0 Å². The zero-order valence-corrected chi connectivity index (χ0v) is 12.4. The Kier molecular flexibility index (Phi) is 5.29. The lowest BCUT2D eigenvalue weighted by molar-refractivity contribution is -0.119. The highest BCUT2D eigenvalue weighted by Gasteiger charge is 2.23. The number of nitrogens with one attached hydrogen (secondary N) is 2. The number of anilines is 2. The molecule has 2 rings (SSSR count). The van der Waals surface area contributed by atoms with Crippen LogP contribution in [0.4, 0.5) is 11.6 Å². The minimum absolute atomic E-state index is 0.00720. The van der Waals surface area contributed by atoms with Crippen molar-refractivity contribution in [2.45, 2.75) is 32.4 Å². The molecule has 1 aliphatic rings. The summed E-state index contributed by atoms with van der Waals surface area (Å²) >= 11 is 0. The molecule has 0 unspecified atom stereocenters. The molecule has 0 bridgehead atoms. The van der Waals surface area contributed by atoms with Crippen molar-refractivity contribution in [2.24, 2.45) is 5.84 Å². The molecule has 116 valence electrons. The Balaban J connectivity index is 2.02. The summed E-state index contributed by atoms with van der Waals surface area (Å²) in [7, 11) is 1.81. The number of hydrazine groups is 1. The fourth-order valence-electron chi connectivity index (χ4n) is 1.81. The average molecular weight is 294 g/mol. The van der Waals surface area contributed by atoms with Crippen LogP contribution in [0.1, 0.15) is 25.6 Å². The van der Waals surface area contributed by atoms with Gasteiger partial charge in [-0.3, -0.25) is 4.79 Å². The first-order valence-electron chi connectivity index (χ1n) is 7.05. The normalized spacial score (nSPS) is 13.9. The summed E-state index contributed by atoms with van der Waals surface area (Å²) in [5.74, 6) is 7.04. The monoisotopic (exact) mass is 294 g/mol. The van der Waals surface area contributed by atoms with Crippen LogP contribution in [0.3, 0.4) is 0 Å². The van der Waals surface area contributed by atoms with Crippen LogP contribution in [0.2, 0.25) is 0 Å². The molecular formula is C13H22N6O2. The van der Waals surface area contributed by atoms with E-state index in [0.717, 1.165) is 12.8 Å².